The van der Waals surface area contributed by atoms with E-state index in [1.807, 2.05) is 0 Å². The standard InChI is InChI=1S/C21H19ClFN9O2/c1-10-3-4-17(30-29-10)31-9-11(22)5-15(21(31)34)26-16-7-18(24-2)32-19(28-16)12(8-25-32)20(33)27-14-6-13(14)23/h3-5,7-9,13-14,24H,6H2,1-2H3,(H,26,28)(H,27,33)/t13-,14+/m1/s1. The van der Waals surface area contributed by atoms with Crippen molar-refractivity contribution in [1.29, 1.82) is 0 Å². The molecule has 34 heavy (non-hydrogen) atoms. The van der Waals surface area contributed by atoms with Crippen LogP contribution in [0.25, 0.3) is 11.5 Å². The normalized spacial score (nSPS) is 16.9. The second-order valence-corrected chi connectivity index (χ2v) is 8.24. The molecule has 0 aliphatic heterocycles. The average molecular weight is 484 g/mol. The molecule has 1 fully saturated rings. The van der Waals surface area contributed by atoms with Gasteiger partial charge in [-0.05, 0) is 25.1 Å². The zero-order valence-corrected chi connectivity index (χ0v) is 18.8. The molecule has 2 atom stereocenters. The number of rotatable bonds is 6. The molecule has 0 radical (unpaired) electrons. The number of pyridine rings is 1. The molecule has 0 aromatic carbocycles. The van der Waals surface area contributed by atoms with Crippen molar-refractivity contribution >= 4 is 40.5 Å². The van der Waals surface area contributed by atoms with Gasteiger partial charge in [0.1, 0.15) is 29.1 Å². The zero-order chi connectivity index (χ0) is 24.0. The number of halogens is 2. The Morgan fingerprint density at radius 1 is 1.26 bits per heavy atom. The summed E-state index contributed by atoms with van der Waals surface area (Å²) in [6, 6.07) is 5.98. The van der Waals surface area contributed by atoms with E-state index in [1.54, 1.807) is 32.2 Å². The van der Waals surface area contributed by atoms with Gasteiger partial charge in [-0.3, -0.25) is 14.2 Å². The van der Waals surface area contributed by atoms with Crippen LogP contribution in [0, 0.1) is 6.92 Å². The Morgan fingerprint density at radius 3 is 2.74 bits per heavy atom. The van der Waals surface area contributed by atoms with Crippen molar-refractivity contribution in [3.05, 3.63) is 63.3 Å². The van der Waals surface area contributed by atoms with Gasteiger partial charge in [0.05, 0.1) is 23.0 Å². The third kappa shape index (κ3) is 4.03. The summed E-state index contributed by atoms with van der Waals surface area (Å²) in [6.45, 7) is 1.79. The minimum absolute atomic E-state index is 0.137. The topological polar surface area (TPSA) is 131 Å². The van der Waals surface area contributed by atoms with Crippen molar-refractivity contribution in [3.63, 3.8) is 0 Å². The third-order valence-electron chi connectivity index (χ3n) is 5.28. The van der Waals surface area contributed by atoms with Gasteiger partial charge in [0.25, 0.3) is 11.5 Å². The number of anilines is 3. The molecule has 3 N–H and O–H groups in total. The molecule has 4 aromatic rings. The monoisotopic (exact) mass is 483 g/mol. The molecular formula is C21H19ClFN9O2. The number of carbonyl (C=O) groups is 1. The summed E-state index contributed by atoms with van der Waals surface area (Å²) in [7, 11) is 1.68. The van der Waals surface area contributed by atoms with E-state index in [4.69, 9.17) is 11.6 Å². The Morgan fingerprint density at radius 2 is 2.06 bits per heavy atom. The highest BCUT2D eigenvalue weighted by Gasteiger charge is 2.39. The molecule has 0 bridgehead atoms. The summed E-state index contributed by atoms with van der Waals surface area (Å²) in [5, 5.41) is 21.1. The lowest BCUT2D eigenvalue weighted by molar-refractivity contribution is 0.0949. The van der Waals surface area contributed by atoms with Crippen molar-refractivity contribution in [3.8, 4) is 5.82 Å². The smallest absolute Gasteiger partial charge is 0.280 e. The van der Waals surface area contributed by atoms with Crippen molar-refractivity contribution < 1.29 is 9.18 Å². The number of aryl methyl sites for hydroxylation is 1. The van der Waals surface area contributed by atoms with Crippen LogP contribution in [0.15, 0.2) is 41.5 Å². The number of amides is 1. The first kappa shape index (κ1) is 21.8. The molecule has 1 amide bonds. The molecule has 5 rings (SSSR count). The number of alkyl halides is 1. The molecular weight excluding hydrogens is 465 g/mol. The maximum atomic E-state index is 13.2. The van der Waals surface area contributed by atoms with Crippen molar-refractivity contribution in [2.24, 2.45) is 0 Å². The van der Waals surface area contributed by atoms with E-state index in [0.29, 0.717) is 23.8 Å². The molecule has 11 nitrogen and oxygen atoms in total. The lowest BCUT2D eigenvalue weighted by Gasteiger charge is -2.12. The van der Waals surface area contributed by atoms with Crippen LogP contribution >= 0.6 is 11.6 Å². The van der Waals surface area contributed by atoms with Gasteiger partial charge in [0.2, 0.25) is 0 Å². The van der Waals surface area contributed by atoms with E-state index < -0.39 is 23.7 Å². The highest BCUT2D eigenvalue weighted by molar-refractivity contribution is 6.30. The fourth-order valence-corrected chi connectivity index (χ4v) is 3.60. The van der Waals surface area contributed by atoms with Crippen LogP contribution in [-0.4, -0.2) is 54.5 Å². The van der Waals surface area contributed by atoms with Crippen LogP contribution in [0.5, 0.6) is 0 Å². The molecule has 1 aliphatic carbocycles. The predicted octanol–water partition coefficient (Wildman–Crippen LogP) is 2.26. The maximum absolute atomic E-state index is 13.2. The zero-order valence-electron chi connectivity index (χ0n) is 18.1. The van der Waals surface area contributed by atoms with E-state index in [2.05, 4.69) is 36.2 Å². The van der Waals surface area contributed by atoms with Crippen LogP contribution in [0.2, 0.25) is 5.02 Å². The molecule has 4 heterocycles. The molecule has 174 valence electrons. The predicted molar refractivity (Wildman–Crippen MR) is 124 cm³/mol. The van der Waals surface area contributed by atoms with Gasteiger partial charge in [-0.1, -0.05) is 11.6 Å². The molecule has 4 aromatic heterocycles. The minimum Gasteiger partial charge on any atom is -0.373 e. The maximum Gasteiger partial charge on any atom is 0.280 e. The summed E-state index contributed by atoms with van der Waals surface area (Å²) in [4.78, 5) is 30.2. The minimum atomic E-state index is -1.04. The Balaban J connectivity index is 1.53. The lowest BCUT2D eigenvalue weighted by atomic mass is 10.3. The highest BCUT2D eigenvalue weighted by Crippen LogP contribution is 2.26. The van der Waals surface area contributed by atoms with Gasteiger partial charge in [-0.15, -0.1) is 5.10 Å². The van der Waals surface area contributed by atoms with E-state index in [9.17, 15) is 14.0 Å². The average Bonchev–Trinajstić information content (AvgIpc) is 3.33. The largest absolute Gasteiger partial charge is 0.373 e. The summed E-state index contributed by atoms with van der Waals surface area (Å²) in [6.07, 6.45) is 2.06. The first-order chi connectivity index (χ1) is 16.3. The lowest BCUT2D eigenvalue weighted by Crippen LogP contribution is -2.27. The van der Waals surface area contributed by atoms with Crippen LogP contribution in [0.4, 0.5) is 21.7 Å². The first-order valence-electron chi connectivity index (χ1n) is 10.4. The summed E-state index contributed by atoms with van der Waals surface area (Å²) in [5.74, 6) is 0.603. The molecule has 0 saturated heterocycles. The number of nitrogens with one attached hydrogen (secondary N) is 3. The van der Waals surface area contributed by atoms with Gasteiger partial charge >= 0.3 is 0 Å². The number of hydrogen-bond acceptors (Lipinski definition) is 8. The number of fused-ring (bicyclic) bond motifs is 1. The highest BCUT2D eigenvalue weighted by atomic mass is 35.5. The Kier molecular flexibility index (Phi) is 5.36. The quantitative estimate of drug-likeness (QED) is 0.380. The number of carbonyl (C=O) groups excluding carboxylic acids is 1. The van der Waals surface area contributed by atoms with E-state index in [0.717, 1.165) is 0 Å². The van der Waals surface area contributed by atoms with Gasteiger partial charge in [0.15, 0.2) is 11.5 Å². The van der Waals surface area contributed by atoms with Crippen LogP contribution in [-0.2, 0) is 0 Å². The third-order valence-corrected chi connectivity index (χ3v) is 5.49. The summed E-state index contributed by atoms with van der Waals surface area (Å²) in [5.41, 5.74) is 0.827. The van der Waals surface area contributed by atoms with E-state index >= 15 is 0 Å². The number of nitrogens with zero attached hydrogens (tertiary/aromatic N) is 6. The fourth-order valence-electron chi connectivity index (χ4n) is 3.39. The SMILES string of the molecule is CNc1cc(Nc2cc(Cl)cn(-c3ccc(C)nn3)c2=O)nc2c(C(=O)N[C@H]3C[C@H]3F)cnn12. The Labute approximate surface area is 197 Å². The van der Waals surface area contributed by atoms with E-state index in [1.165, 1.54) is 27.5 Å². The van der Waals surface area contributed by atoms with Crippen molar-refractivity contribution in [1.82, 2.24) is 34.7 Å². The van der Waals surface area contributed by atoms with Crippen LogP contribution < -0.4 is 21.5 Å². The second-order valence-electron chi connectivity index (χ2n) is 7.81. The van der Waals surface area contributed by atoms with E-state index in [-0.39, 0.29) is 27.7 Å². The molecule has 1 saturated carbocycles. The molecule has 0 spiro atoms. The van der Waals surface area contributed by atoms with Gasteiger partial charge < -0.3 is 16.0 Å². The Bertz CT molecular complexity index is 1470. The summed E-state index contributed by atoms with van der Waals surface area (Å²) >= 11 is 6.26. The van der Waals surface area contributed by atoms with Gasteiger partial charge in [0, 0.05) is 25.7 Å². The van der Waals surface area contributed by atoms with Crippen molar-refractivity contribution in [2.45, 2.75) is 25.6 Å². The van der Waals surface area contributed by atoms with Crippen molar-refractivity contribution in [2.75, 3.05) is 17.7 Å². The first-order valence-corrected chi connectivity index (χ1v) is 10.7. The fraction of sp³-hybridized carbons (Fsp3) is 0.238. The Hall–Kier alpha value is -4.06. The molecule has 1 aliphatic rings. The second kappa shape index (κ2) is 8.37. The van der Waals surface area contributed by atoms with Gasteiger partial charge in [-0.25, -0.2) is 9.37 Å². The number of hydrogen-bond donors (Lipinski definition) is 3. The molecule has 0 unspecified atom stereocenters. The van der Waals surface area contributed by atoms with Crippen LogP contribution in [0.1, 0.15) is 22.5 Å². The number of aromatic nitrogens is 6. The summed E-state index contributed by atoms with van der Waals surface area (Å²) < 4.78 is 16.0. The molecule has 13 heteroatoms. The van der Waals surface area contributed by atoms with Crippen LogP contribution in [0.3, 0.4) is 0 Å². The van der Waals surface area contributed by atoms with Gasteiger partial charge in [-0.2, -0.15) is 14.7 Å².